The summed E-state index contributed by atoms with van der Waals surface area (Å²) in [5.41, 5.74) is 4.28. The third kappa shape index (κ3) is 5.90. The number of amides is 1. The first-order valence-electron chi connectivity index (χ1n) is 9.71. The van der Waals surface area contributed by atoms with Crippen LogP contribution in [0.2, 0.25) is 0 Å². The number of halogens is 1. The minimum Gasteiger partial charge on any atom is -0.493 e. The number of benzene rings is 2. The fraction of sp³-hybridized carbons (Fsp3) is 0.304. The molecule has 29 heavy (non-hydrogen) atoms. The predicted octanol–water partition coefficient (Wildman–Crippen LogP) is 6.55. The summed E-state index contributed by atoms with van der Waals surface area (Å²) in [5.74, 6) is 0.852. The normalized spacial score (nSPS) is 10.8. The molecule has 2 aromatic carbocycles. The maximum atomic E-state index is 12.3. The maximum Gasteiger partial charge on any atom is 0.226 e. The number of hydrogen-bond acceptors (Lipinski definition) is 4. The molecule has 0 spiro atoms. The highest BCUT2D eigenvalue weighted by Crippen LogP contribution is 2.32. The van der Waals surface area contributed by atoms with Crippen molar-refractivity contribution in [3.63, 3.8) is 0 Å². The first kappa shape index (κ1) is 21.5. The van der Waals surface area contributed by atoms with Gasteiger partial charge in [-0.2, -0.15) is 0 Å². The van der Waals surface area contributed by atoms with Crippen LogP contribution >= 0.6 is 27.3 Å². The van der Waals surface area contributed by atoms with E-state index in [4.69, 9.17) is 4.74 Å². The molecule has 0 bridgehead atoms. The topological polar surface area (TPSA) is 51.2 Å². The lowest BCUT2D eigenvalue weighted by Gasteiger charge is -2.09. The number of hydrogen-bond donors (Lipinski definition) is 1. The molecule has 3 rings (SSSR count). The van der Waals surface area contributed by atoms with Crippen LogP contribution < -0.4 is 10.1 Å². The lowest BCUT2D eigenvalue weighted by Crippen LogP contribution is -2.12. The summed E-state index contributed by atoms with van der Waals surface area (Å²) in [7, 11) is 0. The van der Waals surface area contributed by atoms with E-state index in [1.165, 1.54) is 10.4 Å². The number of carbonyl (C=O) groups excluding carboxylic acids is 1. The molecule has 0 saturated carbocycles. The number of aromatic nitrogens is 1. The lowest BCUT2D eigenvalue weighted by atomic mass is 10.1. The molecule has 1 heterocycles. The van der Waals surface area contributed by atoms with Gasteiger partial charge in [0.1, 0.15) is 5.75 Å². The zero-order valence-electron chi connectivity index (χ0n) is 16.9. The van der Waals surface area contributed by atoms with Gasteiger partial charge in [0.15, 0.2) is 5.13 Å². The number of ether oxygens (including phenoxy) is 1. The van der Waals surface area contributed by atoms with Gasteiger partial charge in [0, 0.05) is 21.3 Å². The Morgan fingerprint density at radius 3 is 2.66 bits per heavy atom. The Morgan fingerprint density at radius 1 is 1.17 bits per heavy atom. The number of nitrogens with zero attached hydrogens (tertiary/aromatic N) is 1. The standard InChI is InChI=1S/C23H25BrN2O2S/c1-4-20-22(17-9-11-18(24)12-10-17)26-23(29-20)25-21(27)6-5-13-28-19-14-15(2)7-8-16(19)3/h7-12,14H,4-6,13H2,1-3H3,(H,25,26,27). The van der Waals surface area contributed by atoms with Crippen molar-refractivity contribution in [3.8, 4) is 17.0 Å². The van der Waals surface area contributed by atoms with Crippen LogP contribution in [-0.2, 0) is 11.2 Å². The number of nitrogens with one attached hydrogen (secondary N) is 1. The van der Waals surface area contributed by atoms with E-state index in [-0.39, 0.29) is 5.91 Å². The van der Waals surface area contributed by atoms with E-state index >= 15 is 0 Å². The monoisotopic (exact) mass is 472 g/mol. The molecule has 0 aliphatic heterocycles. The maximum absolute atomic E-state index is 12.3. The first-order valence-corrected chi connectivity index (χ1v) is 11.3. The van der Waals surface area contributed by atoms with Crippen LogP contribution in [0.25, 0.3) is 11.3 Å². The number of anilines is 1. The molecular formula is C23H25BrN2O2S. The quantitative estimate of drug-likeness (QED) is 0.378. The number of rotatable bonds is 8. The zero-order chi connectivity index (χ0) is 20.8. The fourth-order valence-corrected chi connectivity index (χ4v) is 4.14. The van der Waals surface area contributed by atoms with Crippen molar-refractivity contribution in [1.82, 2.24) is 4.98 Å². The minimum atomic E-state index is -0.0340. The van der Waals surface area contributed by atoms with E-state index < -0.39 is 0 Å². The van der Waals surface area contributed by atoms with Gasteiger partial charge < -0.3 is 10.1 Å². The van der Waals surface area contributed by atoms with Gasteiger partial charge in [0.05, 0.1) is 12.3 Å². The van der Waals surface area contributed by atoms with Gasteiger partial charge in [0.25, 0.3) is 0 Å². The number of aryl methyl sites for hydroxylation is 3. The Kier molecular flexibility index (Phi) is 7.45. The van der Waals surface area contributed by atoms with E-state index in [0.29, 0.717) is 24.6 Å². The number of thiazole rings is 1. The summed E-state index contributed by atoms with van der Waals surface area (Å²) in [6, 6.07) is 14.2. The molecule has 0 aliphatic carbocycles. The van der Waals surface area contributed by atoms with Gasteiger partial charge >= 0.3 is 0 Å². The zero-order valence-corrected chi connectivity index (χ0v) is 19.3. The molecular weight excluding hydrogens is 448 g/mol. The third-order valence-electron chi connectivity index (χ3n) is 4.53. The summed E-state index contributed by atoms with van der Waals surface area (Å²) in [5, 5.41) is 3.59. The van der Waals surface area contributed by atoms with Crippen LogP contribution in [0.3, 0.4) is 0 Å². The Hall–Kier alpha value is -2.18. The average molecular weight is 473 g/mol. The molecule has 0 radical (unpaired) electrons. The van der Waals surface area contributed by atoms with Gasteiger partial charge in [-0.15, -0.1) is 11.3 Å². The van der Waals surface area contributed by atoms with Gasteiger partial charge in [-0.25, -0.2) is 4.98 Å². The second-order valence-corrected chi connectivity index (χ2v) is 8.92. The van der Waals surface area contributed by atoms with Crippen molar-refractivity contribution in [3.05, 3.63) is 62.9 Å². The molecule has 0 unspecified atom stereocenters. The highest BCUT2D eigenvalue weighted by molar-refractivity contribution is 9.10. The van der Waals surface area contributed by atoms with Crippen molar-refractivity contribution in [2.24, 2.45) is 0 Å². The number of carbonyl (C=O) groups is 1. The Labute approximate surface area is 184 Å². The molecule has 0 atom stereocenters. The molecule has 1 aromatic heterocycles. The molecule has 4 nitrogen and oxygen atoms in total. The summed E-state index contributed by atoms with van der Waals surface area (Å²) in [6.07, 6.45) is 1.94. The van der Waals surface area contributed by atoms with Crippen LogP contribution in [0.4, 0.5) is 5.13 Å². The van der Waals surface area contributed by atoms with E-state index in [9.17, 15) is 4.79 Å². The highest BCUT2D eigenvalue weighted by atomic mass is 79.9. The van der Waals surface area contributed by atoms with Gasteiger partial charge in [-0.05, 0) is 56.0 Å². The van der Waals surface area contributed by atoms with E-state index in [1.54, 1.807) is 11.3 Å². The summed E-state index contributed by atoms with van der Waals surface area (Å²) < 4.78 is 6.86. The van der Waals surface area contributed by atoms with Crippen molar-refractivity contribution < 1.29 is 9.53 Å². The second kappa shape index (κ2) is 10.0. The highest BCUT2D eigenvalue weighted by Gasteiger charge is 2.14. The summed E-state index contributed by atoms with van der Waals surface area (Å²) >= 11 is 5.00. The molecule has 0 fully saturated rings. The van der Waals surface area contributed by atoms with Crippen LogP contribution in [0.1, 0.15) is 35.8 Å². The summed E-state index contributed by atoms with van der Waals surface area (Å²) in [6.45, 7) is 6.69. The molecule has 0 aliphatic rings. The largest absolute Gasteiger partial charge is 0.493 e. The first-order chi connectivity index (χ1) is 14.0. The van der Waals surface area contributed by atoms with E-state index in [1.807, 2.05) is 50.2 Å². The Bertz CT molecular complexity index is 983. The lowest BCUT2D eigenvalue weighted by molar-refractivity contribution is -0.116. The van der Waals surface area contributed by atoms with Crippen LogP contribution in [0.5, 0.6) is 5.75 Å². The molecule has 0 saturated heterocycles. The van der Waals surface area contributed by atoms with Gasteiger partial charge in [0.2, 0.25) is 5.91 Å². The smallest absolute Gasteiger partial charge is 0.226 e. The van der Waals surface area contributed by atoms with Gasteiger partial charge in [-0.3, -0.25) is 4.79 Å². The van der Waals surface area contributed by atoms with Crippen LogP contribution in [0.15, 0.2) is 46.9 Å². The van der Waals surface area contributed by atoms with Gasteiger partial charge in [-0.1, -0.05) is 47.1 Å². The third-order valence-corrected chi connectivity index (χ3v) is 6.18. The van der Waals surface area contributed by atoms with Crippen molar-refractivity contribution in [2.75, 3.05) is 11.9 Å². The molecule has 6 heteroatoms. The van der Waals surface area contributed by atoms with Crippen molar-refractivity contribution in [2.45, 2.75) is 40.0 Å². The van der Waals surface area contributed by atoms with Crippen molar-refractivity contribution >= 4 is 38.3 Å². The summed E-state index contributed by atoms with van der Waals surface area (Å²) in [4.78, 5) is 18.2. The van der Waals surface area contributed by atoms with Crippen LogP contribution in [-0.4, -0.2) is 17.5 Å². The van der Waals surface area contributed by atoms with E-state index in [2.05, 4.69) is 39.2 Å². The predicted molar refractivity (Wildman–Crippen MR) is 124 cm³/mol. The Balaban J connectivity index is 1.54. The minimum absolute atomic E-state index is 0.0340. The SMILES string of the molecule is CCc1sc(NC(=O)CCCOc2cc(C)ccc2C)nc1-c1ccc(Br)cc1. The average Bonchev–Trinajstić information content (AvgIpc) is 3.11. The molecule has 152 valence electrons. The van der Waals surface area contributed by atoms with E-state index in [0.717, 1.165) is 33.5 Å². The Morgan fingerprint density at radius 2 is 1.93 bits per heavy atom. The fourth-order valence-electron chi connectivity index (χ4n) is 2.94. The second-order valence-electron chi connectivity index (χ2n) is 6.92. The van der Waals surface area contributed by atoms with Crippen molar-refractivity contribution in [1.29, 1.82) is 0 Å². The van der Waals surface area contributed by atoms with Crippen LogP contribution in [0, 0.1) is 13.8 Å². The molecule has 1 amide bonds. The molecule has 3 aromatic rings. The molecule has 1 N–H and O–H groups in total.